The van der Waals surface area contributed by atoms with Crippen molar-refractivity contribution in [2.24, 2.45) is 5.10 Å². The minimum atomic E-state index is -0.435. The van der Waals surface area contributed by atoms with E-state index in [2.05, 4.69) is 15.5 Å². The number of methoxy groups -OCH3 is 1. The Morgan fingerprint density at radius 1 is 1.14 bits per heavy atom. The fourth-order valence-corrected chi connectivity index (χ4v) is 2.36. The van der Waals surface area contributed by atoms with Gasteiger partial charge in [-0.1, -0.05) is 6.07 Å². The first-order valence-corrected chi connectivity index (χ1v) is 8.40. The van der Waals surface area contributed by atoms with E-state index in [-0.39, 0.29) is 12.3 Å². The summed E-state index contributed by atoms with van der Waals surface area (Å²) in [5.41, 5.74) is 4.50. The molecule has 0 radical (unpaired) electrons. The third kappa shape index (κ3) is 5.04. The van der Waals surface area contributed by atoms with Crippen LogP contribution in [0.2, 0.25) is 0 Å². The lowest BCUT2D eigenvalue weighted by Crippen LogP contribution is -1.99. The second-order valence-electron chi connectivity index (χ2n) is 5.71. The van der Waals surface area contributed by atoms with Crippen LogP contribution in [-0.4, -0.2) is 23.2 Å². The molecule has 0 spiro atoms. The maximum atomic E-state index is 10.7. The first-order chi connectivity index (χ1) is 13.7. The fraction of sp³-hybridized carbons (Fsp3) is 0.100. The quantitative estimate of drug-likeness (QED) is 0.361. The van der Waals surface area contributed by atoms with Gasteiger partial charge in [0.15, 0.2) is 11.5 Å². The molecular formula is C20H18N4O4. The molecule has 0 saturated heterocycles. The molecule has 0 aliphatic rings. The Hall–Kier alpha value is -3.94. The molecule has 8 heteroatoms. The molecule has 0 saturated carbocycles. The van der Waals surface area contributed by atoms with Gasteiger partial charge in [0.2, 0.25) is 0 Å². The molecule has 28 heavy (non-hydrogen) atoms. The van der Waals surface area contributed by atoms with E-state index in [9.17, 15) is 10.1 Å². The third-order valence-electron chi connectivity index (χ3n) is 3.79. The maximum absolute atomic E-state index is 10.7. The highest BCUT2D eigenvalue weighted by Gasteiger charge is 2.08. The highest BCUT2D eigenvalue weighted by Crippen LogP contribution is 2.28. The summed E-state index contributed by atoms with van der Waals surface area (Å²) in [6, 6.07) is 17.1. The maximum Gasteiger partial charge on any atom is 0.269 e. The van der Waals surface area contributed by atoms with Crippen molar-refractivity contribution in [1.82, 2.24) is 4.98 Å². The molecule has 0 aliphatic carbocycles. The van der Waals surface area contributed by atoms with E-state index in [1.54, 1.807) is 43.8 Å². The highest BCUT2D eigenvalue weighted by atomic mass is 16.6. The first-order valence-electron chi connectivity index (χ1n) is 8.40. The van der Waals surface area contributed by atoms with Crippen LogP contribution in [0.3, 0.4) is 0 Å². The standard InChI is InChI=1S/C20H18N4O4/c1-27-18-10-7-16(13-22-23-20-4-2-3-11-21-20)12-19(18)28-14-15-5-8-17(9-6-15)24(25)26/h2-13H,14H2,1H3,(H,21,23)/b22-13-. The van der Waals surface area contributed by atoms with Crippen LogP contribution in [0.25, 0.3) is 0 Å². The lowest BCUT2D eigenvalue weighted by Gasteiger charge is -2.11. The average molecular weight is 378 g/mol. The van der Waals surface area contributed by atoms with Crippen molar-refractivity contribution in [1.29, 1.82) is 0 Å². The van der Waals surface area contributed by atoms with E-state index in [1.807, 2.05) is 24.3 Å². The monoisotopic (exact) mass is 378 g/mol. The molecule has 0 fully saturated rings. The first kappa shape index (κ1) is 18.8. The number of ether oxygens (including phenoxy) is 2. The molecule has 1 N–H and O–H groups in total. The van der Waals surface area contributed by atoms with Gasteiger partial charge >= 0.3 is 0 Å². The Labute approximate surface area is 161 Å². The van der Waals surface area contributed by atoms with Gasteiger partial charge in [0.1, 0.15) is 12.4 Å². The summed E-state index contributed by atoms with van der Waals surface area (Å²) in [4.78, 5) is 14.4. The molecule has 0 bridgehead atoms. The number of rotatable bonds is 8. The summed E-state index contributed by atoms with van der Waals surface area (Å²) in [5.74, 6) is 1.77. The normalized spacial score (nSPS) is 10.6. The van der Waals surface area contributed by atoms with Crippen LogP contribution in [0.4, 0.5) is 11.5 Å². The summed E-state index contributed by atoms with van der Waals surface area (Å²) in [6.07, 6.45) is 3.32. The molecule has 0 unspecified atom stereocenters. The molecule has 1 aromatic heterocycles. The van der Waals surface area contributed by atoms with Crippen LogP contribution < -0.4 is 14.9 Å². The Bertz CT molecular complexity index is 960. The minimum absolute atomic E-state index is 0.0416. The zero-order valence-corrected chi connectivity index (χ0v) is 15.1. The average Bonchev–Trinajstić information content (AvgIpc) is 2.73. The molecule has 0 atom stereocenters. The van der Waals surface area contributed by atoms with E-state index in [4.69, 9.17) is 9.47 Å². The Balaban J connectivity index is 1.67. The van der Waals surface area contributed by atoms with E-state index in [1.165, 1.54) is 12.1 Å². The van der Waals surface area contributed by atoms with E-state index in [0.29, 0.717) is 17.3 Å². The Morgan fingerprint density at radius 3 is 2.64 bits per heavy atom. The number of hydrogen-bond donors (Lipinski definition) is 1. The molecule has 0 amide bonds. The van der Waals surface area contributed by atoms with Gasteiger partial charge in [-0.3, -0.25) is 15.5 Å². The predicted molar refractivity (Wildman–Crippen MR) is 106 cm³/mol. The molecule has 3 rings (SSSR count). The van der Waals surface area contributed by atoms with Crippen LogP contribution in [0, 0.1) is 10.1 Å². The SMILES string of the molecule is COc1ccc(/C=N\Nc2ccccn2)cc1OCc1ccc([N+](=O)[O-])cc1. The highest BCUT2D eigenvalue weighted by molar-refractivity contribution is 5.81. The smallest absolute Gasteiger partial charge is 0.269 e. The summed E-state index contributed by atoms with van der Waals surface area (Å²) >= 11 is 0. The number of aromatic nitrogens is 1. The van der Waals surface area contributed by atoms with E-state index >= 15 is 0 Å². The summed E-state index contributed by atoms with van der Waals surface area (Å²) in [6.45, 7) is 0.251. The Morgan fingerprint density at radius 2 is 1.96 bits per heavy atom. The van der Waals surface area contributed by atoms with Crippen LogP contribution in [-0.2, 0) is 6.61 Å². The van der Waals surface area contributed by atoms with Crippen molar-refractivity contribution < 1.29 is 14.4 Å². The Kier molecular flexibility index (Phi) is 6.14. The summed E-state index contributed by atoms with van der Waals surface area (Å²) in [5, 5.41) is 14.9. The van der Waals surface area contributed by atoms with Gasteiger partial charge < -0.3 is 9.47 Å². The van der Waals surface area contributed by atoms with Gasteiger partial charge in [-0.05, 0) is 53.6 Å². The van der Waals surface area contributed by atoms with Gasteiger partial charge in [0.05, 0.1) is 18.2 Å². The van der Waals surface area contributed by atoms with Crippen molar-refractivity contribution in [2.45, 2.75) is 6.61 Å². The summed E-state index contributed by atoms with van der Waals surface area (Å²) in [7, 11) is 1.56. The molecule has 2 aromatic carbocycles. The number of benzene rings is 2. The fourth-order valence-electron chi connectivity index (χ4n) is 2.36. The van der Waals surface area contributed by atoms with Crippen molar-refractivity contribution >= 4 is 17.7 Å². The largest absolute Gasteiger partial charge is 0.493 e. The van der Waals surface area contributed by atoms with Crippen LogP contribution in [0.5, 0.6) is 11.5 Å². The number of nitro groups is 1. The number of nitrogens with zero attached hydrogens (tertiary/aromatic N) is 3. The summed E-state index contributed by atoms with van der Waals surface area (Å²) < 4.78 is 11.2. The van der Waals surface area contributed by atoms with Gasteiger partial charge in [-0.25, -0.2) is 4.98 Å². The van der Waals surface area contributed by atoms with Crippen molar-refractivity contribution in [3.8, 4) is 11.5 Å². The van der Waals surface area contributed by atoms with Gasteiger partial charge in [-0.15, -0.1) is 0 Å². The van der Waals surface area contributed by atoms with Crippen LogP contribution >= 0.6 is 0 Å². The minimum Gasteiger partial charge on any atom is -0.493 e. The lowest BCUT2D eigenvalue weighted by molar-refractivity contribution is -0.384. The van der Waals surface area contributed by atoms with Crippen molar-refractivity contribution in [3.05, 3.63) is 88.1 Å². The van der Waals surface area contributed by atoms with Gasteiger partial charge in [0.25, 0.3) is 5.69 Å². The van der Waals surface area contributed by atoms with Crippen LogP contribution in [0.15, 0.2) is 72.0 Å². The van der Waals surface area contributed by atoms with E-state index in [0.717, 1.165) is 11.1 Å². The second-order valence-corrected chi connectivity index (χ2v) is 5.71. The zero-order chi connectivity index (χ0) is 19.8. The number of nitro benzene ring substituents is 1. The molecule has 1 heterocycles. The molecule has 3 aromatic rings. The number of non-ortho nitro benzene ring substituents is 1. The molecular weight excluding hydrogens is 360 g/mol. The van der Waals surface area contributed by atoms with Crippen molar-refractivity contribution in [2.75, 3.05) is 12.5 Å². The molecule has 142 valence electrons. The topological polar surface area (TPSA) is 98.9 Å². The second kappa shape index (κ2) is 9.13. The number of nitrogens with one attached hydrogen (secondary N) is 1. The van der Waals surface area contributed by atoms with Gasteiger partial charge in [0, 0.05) is 18.3 Å². The number of pyridine rings is 1. The molecule has 8 nitrogen and oxygen atoms in total. The predicted octanol–water partition coefficient (Wildman–Crippen LogP) is 4.02. The zero-order valence-electron chi connectivity index (χ0n) is 15.1. The van der Waals surface area contributed by atoms with Gasteiger partial charge in [-0.2, -0.15) is 5.10 Å². The lowest BCUT2D eigenvalue weighted by atomic mass is 10.2. The molecule has 0 aliphatic heterocycles. The number of anilines is 1. The van der Waals surface area contributed by atoms with E-state index < -0.39 is 4.92 Å². The number of hydrogen-bond acceptors (Lipinski definition) is 7. The van der Waals surface area contributed by atoms with Crippen LogP contribution in [0.1, 0.15) is 11.1 Å². The number of hydrazone groups is 1. The third-order valence-corrected chi connectivity index (χ3v) is 3.79. The van der Waals surface area contributed by atoms with Crippen molar-refractivity contribution in [3.63, 3.8) is 0 Å².